The molecule has 1 fully saturated rings. The van der Waals surface area contributed by atoms with E-state index < -0.39 is 0 Å². The molecular formula is C14H20O. The lowest BCUT2D eigenvalue weighted by molar-refractivity contribution is 0.0510. The first-order chi connectivity index (χ1) is 7.45. The fraction of sp³-hybridized carbons (Fsp3) is 0.571. The zero-order chi connectivity index (χ0) is 10.3. The van der Waals surface area contributed by atoms with Gasteiger partial charge in [-0.25, -0.2) is 0 Å². The molecule has 0 aromatic heterocycles. The number of aryl methyl sites for hydroxylation is 1. The van der Waals surface area contributed by atoms with E-state index in [4.69, 9.17) is 4.74 Å². The molecule has 1 aromatic carbocycles. The maximum absolute atomic E-state index is 5.48. The van der Waals surface area contributed by atoms with Gasteiger partial charge in [0.15, 0.2) is 0 Å². The summed E-state index contributed by atoms with van der Waals surface area (Å²) >= 11 is 0. The van der Waals surface area contributed by atoms with Crippen LogP contribution in [0.5, 0.6) is 0 Å². The molecule has 1 aromatic rings. The molecule has 1 heterocycles. The summed E-state index contributed by atoms with van der Waals surface area (Å²) in [6.45, 7) is 1.98. The Kier molecular flexibility index (Phi) is 4.22. The predicted octanol–water partition coefficient (Wildman–Crippen LogP) is 3.44. The molecule has 0 saturated carbocycles. The summed E-state index contributed by atoms with van der Waals surface area (Å²) in [5, 5.41) is 0. The molecule has 1 saturated heterocycles. The van der Waals surface area contributed by atoms with Crippen LogP contribution in [0, 0.1) is 5.92 Å². The Labute approximate surface area is 92.5 Å². The lowest BCUT2D eigenvalue weighted by atomic mass is 9.95. The number of ether oxygens (including phenoxy) is 1. The minimum absolute atomic E-state index is 0.822. The Morgan fingerprint density at radius 1 is 1.20 bits per heavy atom. The monoisotopic (exact) mass is 204 g/mol. The molecule has 1 heteroatoms. The second-order valence-electron chi connectivity index (χ2n) is 4.46. The first-order valence-corrected chi connectivity index (χ1v) is 6.07. The SMILES string of the molecule is c1ccc(CCCC2CCCOC2)cc1. The van der Waals surface area contributed by atoms with Crippen LogP contribution in [0.25, 0.3) is 0 Å². The van der Waals surface area contributed by atoms with Crippen LogP contribution in [0.1, 0.15) is 31.2 Å². The van der Waals surface area contributed by atoms with E-state index in [1.54, 1.807) is 0 Å². The van der Waals surface area contributed by atoms with Gasteiger partial charge in [0.2, 0.25) is 0 Å². The van der Waals surface area contributed by atoms with Gasteiger partial charge in [-0.05, 0) is 43.6 Å². The molecule has 1 aliphatic rings. The highest BCUT2D eigenvalue weighted by molar-refractivity contribution is 5.14. The fourth-order valence-corrected chi connectivity index (χ4v) is 2.27. The highest BCUT2D eigenvalue weighted by Crippen LogP contribution is 2.19. The van der Waals surface area contributed by atoms with Gasteiger partial charge in [0.25, 0.3) is 0 Å². The average molecular weight is 204 g/mol. The lowest BCUT2D eigenvalue weighted by Gasteiger charge is -2.21. The number of hydrogen-bond acceptors (Lipinski definition) is 1. The molecule has 1 atom stereocenters. The molecule has 1 aliphatic heterocycles. The third-order valence-corrected chi connectivity index (χ3v) is 3.18. The number of hydrogen-bond donors (Lipinski definition) is 0. The van der Waals surface area contributed by atoms with Crippen molar-refractivity contribution in [3.05, 3.63) is 35.9 Å². The maximum Gasteiger partial charge on any atom is 0.0494 e. The summed E-state index contributed by atoms with van der Waals surface area (Å²) in [7, 11) is 0. The third kappa shape index (κ3) is 3.67. The molecule has 2 rings (SSSR count). The normalized spacial score (nSPS) is 21.5. The van der Waals surface area contributed by atoms with Crippen LogP contribution in [-0.4, -0.2) is 13.2 Å². The quantitative estimate of drug-likeness (QED) is 0.730. The summed E-state index contributed by atoms with van der Waals surface area (Å²) in [6.07, 6.45) is 6.48. The Balaban J connectivity index is 1.66. The summed E-state index contributed by atoms with van der Waals surface area (Å²) in [6, 6.07) is 10.8. The molecule has 0 amide bonds. The zero-order valence-electron chi connectivity index (χ0n) is 9.32. The van der Waals surface area contributed by atoms with Crippen molar-refractivity contribution in [3.8, 4) is 0 Å². The van der Waals surface area contributed by atoms with Crippen LogP contribution in [0.4, 0.5) is 0 Å². The van der Waals surface area contributed by atoms with Crippen molar-refractivity contribution in [3.63, 3.8) is 0 Å². The summed E-state index contributed by atoms with van der Waals surface area (Å²) in [5.74, 6) is 0.822. The fourth-order valence-electron chi connectivity index (χ4n) is 2.27. The van der Waals surface area contributed by atoms with Crippen LogP contribution < -0.4 is 0 Å². The Morgan fingerprint density at radius 2 is 2.07 bits per heavy atom. The molecule has 1 unspecified atom stereocenters. The maximum atomic E-state index is 5.48. The number of rotatable bonds is 4. The largest absolute Gasteiger partial charge is 0.381 e. The first kappa shape index (κ1) is 10.7. The van der Waals surface area contributed by atoms with Gasteiger partial charge >= 0.3 is 0 Å². The molecule has 0 radical (unpaired) electrons. The van der Waals surface area contributed by atoms with Crippen LogP contribution >= 0.6 is 0 Å². The molecule has 82 valence electrons. The number of benzene rings is 1. The van der Waals surface area contributed by atoms with E-state index >= 15 is 0 Å². The summed E-state index contributed by atoms with van der Waals surface area (Å²) in [4.78, 5) is 0. The first-order valence-electron chi connectivity index (χ1n) is 6.07. The van der Waals surface area contributed by atoms with Crippen molar-refractivity contribution in [1.29, 1.82) is 0 Å². The van der Waals surface area contributed by atoms with Gasteiger partial charge < -0.3 is 4.74 Å². The van der Waals surface area contributed by atoms with Gasteiger partial charge in [-0.3, -0.25) is 0 Å². The van der Waals surface area contributed by atoms with Crippen molar-refractivity contribution in [2.75, 3.05) is 13.2 Å². The van der Waals surface area contributed by atoms with E-state index in [9.17, 15) is 0 Å². The standard InChI is InChI=1S/C14H20O/c1-2-6-13(7-3-1)8-4-9-14-10-5-11-15-12-14/h1-3,6-7,14H,4-5,8-12H2. The van der Waals surface area contributed by atoms with E-state index in [1.807, 2.05) is 0 Å². The van der Waals surface area contributed by atoms with Crippen molar-refractivity contribution in [1.82, 2.24) is 0 Å². The predicted molar refractivity (Wildman–Crippen MR) is 62.9 cm³/mol. The minimum Gasteiger partial charge on any atom is -0.381 e. The third-order valence-electron chi connectivity index (χ3n) is 3.18. The highest BCUT2D eigenvalue weighted by atomic mass is 16.5. The van der Waals surface area contributed by atoms with Gasteiger partial charge in [-0.2, -0.15) is 0 Å². The molecule has 0 spiro atoms. The van der Waals surface area contributed by atoms with Crippen molar-refractivity contribution in [2.24, 2.45) is 5.92 Å². The van der Waals surface area contributed by atoms with E-state index in [-0.39, 0.29) is 0 Å². The minimum atomic E-state index is 0.822. The Morgan fingerprint density at radius 3 is 2.80 bits per heavy atom. The second kappa shape index (κ2) is 5.92. The second-order valence-corrected chi connectivity index (χ2v) is 4.46. The smallest absolute Gasteiger partial charge is 0.0494 e. The van der Waals surface area contributed by atoms with Crippen LogP contribution in [0.3, 0.4) is 0 Å². The highest BCUT2D eigenvalue weighted by Gasteiger charge is 2.12. The molecule has 1 nitrogen and oxygen atoms in total. The molecule has 0 N–H and O–H groups in total. The van der Waals surface area contributed by atoms with Crippen LogP contribution in [0.2, 0.25) is 0 Å². The van der Waals surface area contributed by atoms with E-state index in [0.29, 0.717) is 0 Å². The Hall–Kier alpha value is -0.820. The summed E-state index contributed by atoms with van der Waals surface area (Å²) < 4.78 is 5.48. The van der Waals surface area contributed by atoms with Crippen molar-refractivity contribution in [2.45, 2.75) is 32.1 Å². The summed E-state index contributed by atoms with van der Waals surface area (Å²) in [5.41, 5.74) is 1.47. The van der Waals surface area contributed by atoms with Crippen molar-refractivity contribution >= 4 is 0 Å². The van der Waals surface area contributed by atoms with Crippen LogP contribution in [0.15, 0.2) is 30.3 Å². The topological polar surface area (TPSA) is 9.23 Å². The molecule has 0 bridgehead atoms. The van der Waals surface area contributed by atoms with Crippen molar-refractivity contribution < 1.29 is 4.74 Å². The van der Waals surface area contributed by atoms with E-state index in [2.05, 4.69) is 30.3 Å². The van der Waals surface area contributed by atoms with Gasteiger partial charge in [0.05, 0.1) is 0 Å². The molecule has 15 heavy (non-hydrogen) atoms. The molecular weight excluding hydrogens is 184 g/mol. The van der Waals surface area contributed by atoms with Gasteiger partial charge in [0.1, 0.15) is 0 Å². The zero-order valence-corrected chi connectivity index (χ0v) is 9.32. The van der Waals surface area contributed by atoms with Crippen LogP contribution in [-0.2, 0) is 11.2 Å². The van der Waals surface area contributed by atoms with E-state index in [0.717, 1.165) is 19.1 Å². The van der Waals surface area contributed by atoms with E-state index in [1.165, 1.54) is 37.7 Å². The average Bonchev–Trinajstić information content (AvgIpc) is 2.32. The Bertz CT molecular complexity index is 262. The van der Waals surface area contributed by atoms with Gasteiger partial charge in [0, 0.05) is 13.2 Å². The van der Waals surface area contributed by atoms with Gasteiger partial charge in [-0.1, -0.05) is 30.3 Å². The lowest BCUT2D eigenvalue weighted by Crippen LogP contribution is -2.17. The molecule has 0 aliphatic carbocycles. The van der Waals surface area contributed by atoms with Gasteiger partial charge in [-0.15, -0.1) is 0 Å².